The van der Waals surface area contributed by atoms with Gasteiger partial charge in [0.25, 0.3) is 5.92 Å². The molecule has 1 saturated heterocycles. The minimum Gasteiger partial charge on any atom is -0.329 e. The van der Waals surface area contributed by atoms with Crippen LogP contribution in [-0.2, 0) is 17.8 Å². The first kappa shape index (κ1) is 17.1. The number of carbonyl (C=O) groups is 1. The van der Waals surface area contributed by atoms with Crippen LogP contribution in [0, 0.1) is 0 Å². The van der Waals surface area contributed by atoms with Crippen molar-refractivity contribution < 1.29 is 13.6 Å². The molecule has 2 aromatic heterocycles. The van der Waals surface area contributed by atoms with E-state index in [9.17, 15) is 18.4 Å². The van der Waals surface area contributed by atoms with Crippen LogP contribution in [0.4, 0.5) is 8.78 Å². The van der Waals surface area contributed by atoms with Gasteiger partial charge >= 0.3 is 5.69 Å². The molecule has 7 nitrogen and oxygen atoms in total. The van der Waals surface area contributed by atoms with Gasteiger partial charge in [-0.05, 0) is 25.0 Å². The van der Waals surface area contributed by atoms with Gasteiger partial charge in [-0.2, -0.15) is 5.10 Å². The second kappa shape index (κ2) is 6.15. The number of pyridine rings is 1. The second-order valence-corrected chi connectivity index (χ2v) is 7.02. The van der Waals surface area contributed by atoms with Gasteiger partial charge in [-0.3, -0.25) is 14.3 Å². The first-order valence-corrected chi connectivity index (χ1v) is 8.68. The minimum atomic E-state index is -2.84. The maximum absolute atomic E-state index is 13.1. The van der Waals surface area contributed by atoms with Crippen molar-refractivity contribution >= 4 is 17.5 Å². The fourth-order valence-corrected chi connectivity index (χ4v) is 3.60. The van der Waals surface area contributed by atoms with Crippen LogP contribution in [0.1, 0.15) is 30.4 Å². The highest BCUT2D eigenvalue weighted by molar-refractivity contribution is 6.31. The molecule has 138 valence electrons. The van der Waals surface area contributed by atoms with Crippen molar-refractivity contribution in [2.45, 2.75) is 37.8 Å². The highest BCUT2D eigenvalue weighted by Crippen LogP contribution is 2.31. The Morgan fingerprint density at radius 3 is 2.85 bits per heavy atom. The van der Waals surface area contributed by atoms with E-state index in [2.05, 4.69) is 10.1 Å². The van der Waals surface area contributed by atoms with Crippen LogP contribution in [0.5, 0.6) is 0 Å². The Balaban J connectivity index is 1.62. The lowest BCUT2D eigenvalue weighted by atomic mass is 10.0. The van der Waals surface area contributed by atoms with E-state index in [4.69, 9.17) is 11.6 Å². The van der Waals surface area contributed by atoms with Gasteiger partial charge in [0, 0.05) is 12.6 Å². The predicted molar refractivity (Wildman–Crippen MR) is 88.3 cm³/mol. The average molecular weight is 384 g/mol. The summed E-state index contributed by atoms with van der Waals surface area (Å²) in [5.74, 6) is -2.80. The third kappa shape index (κ3) is 2.90. The van der Waals surface area contributed by atoms with Crippen molar-refractivity contribution in [3.63, 3.8) is 0 Å². The molecular weight excluding hydrogens is 368 g/mol. The SMILES string of the molecule is O=C([C@@H]1CCCc2nn(Cc3ncccc3Cl)c(=O)n21)N1CC(F)(F)C1. The van der Waals surface area contributed by atoms with E-state index in [0.29, 0.717) is 35.8 Å². The molecule has 0 N–H and O–H groups in total. The number of nitrogens with zero attached hydrogens (tertiary/aromatic N) is 5. The first-order valence-electron chi connectivity index (χ1n) is 8.30. The summed E-state index contributed by atoms with van der Waals surface area (Å²) in [6.07, 6.45) is 3.22. The highest BCUT2D eigenvalue weighted by Gasteiger charge is 2.48. The van der Waals surface area contributed by atoms with Crippen molar-refractivity contribution in [1.29, 1.82) is 0 Å². The van der Waals surface area contributed by atoms with Crippen molar-refractivity contribution in [1.82, 2.24) is 24.2 Å². The number of hydrogen-bond donors (Lipinski definition) is 0. The van der Waals surface area contributed by atoms with Crippen molar-refractivity contribution in [2.24, 2.45) is 0 Å². The number of fused-ring (bicyclic) bond motifs is 1. The van der Waals surface area contributed by atoms with Crippen molar-refractivity contribution in [3.05, 3.63) is 45.4 Å². The monoisotopic (exact) mass is 383 g/mol. The van der Waals surface area contributed by atoms with Gasteiger partial charge in [0.15, 0.2) is 0 Å². The number of likely N-dealkylation sites (tertiary alicyclic amines) is 1. The summed E-state index contributed by atoms with van der Waals surface area (Å²) >= 11 is 6.08. The lowest BCUT2D eigenvalue weighted by molar-refractivity contribution is -0.169. The molecule has 2 aliphatic rings. The van der Waals surface area contributed by atoms with Crippen LogP contribution in [0.25, 0.3) is 0 Å². The normalized spacial score (nSPS) is 21.2. The smallest absolute Gasteiger partial charge is 0.329 e. The molecule has 4 rings (SSSR count). The molecular formula is C16H16ClF2N5O2. The molecule has 1 atom stereocenters. The Hall–Kier alpha value is -2.29. The van der Waals surface area contributed by atoms with Crippen LogP contribution in [0.3, 0.4) is 0 Å². The predicted octanol–water partition coefficient (Wildman–Crippen LogP) is 1.50. The van der Waals surface area contributed by atoms with E-state index < -0.39 is 36.7 Å². The average Bonchev–Trinajstić information content (AvgIpc) is 2.90. The molecule has 4 heterocycles. The van der Waals surface area contributed by atoms with E-state index in [0.717, 1.165) is 4.90 Å². The van der Waals surface area contributed by atoms with Gasteiger partial charge in [0.05, 0.1) is 30.4 Å². The Kier molecular flexibility index (Phi) is 4.06. The molecule has 26 heavy (non-hydrogen) atoms. The van der Waals surface area contributed by atoms with Crippen LogP contribution < -0.4 is 5.69 Å². The summed E-state index contributed by atoms with van der Waals surface area (Å²) in [6, 6.07) is 2.57. The number of hydrogen-bond acceptors (Lipinski definition) is 4. The number of aryl methyl sites for hydroxylation is 1. The fraction of sp³-hybridized carbons (Fsp3) is 0.500. The fourth-order valence-electron chi connectivity index (χ4n) is 3.42. The van der Waals surface area contributed by atoms with E-state index in [1.54, 1.807) is 18.3 Å². The second-order valence-electron chi connectivity index (χ2n) is 6.62. The van der Waals surface area contributed by atoms with Crippen LogP contribution in [-0.4, -0.2) is 49.2 Å². The maximum Gasteiger partial charge on any atom is 0.347 e. The van der Waals surface area contributed by atoms with E-state index in [-0.39, 0.29) is 6.54 Å². The topological polar surface area (TPSA) is 73.0 Å². The van der Waals surface area contributed by atoms with Gasteiger partial charge in [-0.15, -0.1) is 0 Å². The van der Waals surface area contributed by atoms with Crippen LogP contribution >= 0.6 is 11.6 Å². The van der Waals surface area contributed by atoms with E-state index >= 15 is 0 Å². The molecule has 2 aliphatic heterocycles. The van der Waals surface area contributed by atoms with E-state index in [1.165, 1.54) is 9.25 Å². The Bertz CT molecular complexity index is 918. The van der Waals surface area contributed by atoms with Gasteiger partial charge in [0.1, 0.15) is 11.9 Å². The number of carbonyl (C=O) groups excluding carboxylic acids is 1. The molecule has 1 amide bonds. The minimum absolute atomic E-state index is 0.0845. The summed E-state index contributed by atoms with van der Waals surface area (Å²) in [6.45, 7) is -1.10. The molecule has 0 saturated carbocycles. The van der Waals surface area contributed by atoms with Crippen LogP contribution in [0.15, 0.2) is 23.1 Å². The Labute approximate surface area is 152 Å². The molecule has 2 aromatic rings. The van der Waals surface area contributed by atoms with Gasteiger partial charge in [0.2, 0.25) is 5.91 Å². The Morgan fingerprint density at radius 1 is 1.38 bits per heavy atom. The van der Waals surface area contributed by atoms with Crippen molar-refractivity contribution in [3.8, 4) is 0 Å². The molecule has 0 spiro atoms. The molecule has 0 bridgehead atoms. The standard InChI is InChI=1S/C16H16ClF2N5O2/c17-10-3-2-6-20-11(10)7-23-15(26)24-12(4-1-5-13(24)21-23)14(25)22-8-16(18,19)9-22/h2-3,6,12H,1,4-5,7-9H2/t12-/m0/s1. The molecule has 0 aliphatic carbocycles. The van der Waals surface area contributed by atoms with Gasteiger partial charge in [-0.25, -0.2) is 18.3 Å². The summed E-state index contributed by atoms with van der Waals surface area (Å²) in [5, 5.41) is 4.72. The molecule has 0 radical (unpaired) electrons. The summed E-state index contributed by atoms with van der Waals surface area (Å²) < 4.78 is 28.7. The zero-order valence-corrected chi connectivity index (χ0v) is 14.5. The quantitative estimate of drug-likeness (QED) is 0.805. The van der Waals surface area contributed by atoms with E-state index in [1.807, 2.05) is 0 Å². The summed E-state index contributed by atoms with van der Waals surface area (Å²) in [4.78, 5) is 30.6. The molecule has 0 aromatic carbocycles. The van der Waals surface area contributed by atoms with Crippen LogP contribution in [0.2, 0.25) is 5.02 Å². The van der Waals surface area contributed by atoms with Gasteiger partial charge in [-0.1, -0.05) is 11.6 Å². The number of aromatic nitrogens is 4. The largest absolute Gasteiger partial charge is 0.347 e. The lowest BCUT2D eigenvalue weighted by Crippen LogP contribution is -2.60. The zero-order chi connectivity index (χ0) is 18.5. The number of halogens is 3. The third-order valence-electron chi connectivity index (χ3n) is 4.71. The first-order chi connectivity index (χ1) is 12.4. The Morgan fingerprint density at radius 2 is 2.15 bits per heavy atom. The number of alkyl halides is 2. The lowest BCUT2D eigenvalue weighted by Gasteiger charge is -2.41. The third-order valence-corrected chi connectivity index (χ3v) is 5.05. The summed E-state index contributed by atoms with van der Waals surface area (Å²) in [7, 11) is 0. The zero-order valence-electron chi connectivity index (χ0n) is 13.7. The molecule has 0 unspecified atom stereocenters. The number of amides is 1. The summed E-state index contributed by atoms with van der Waals surface area (Å²) in [5.41, 5.74) is 0.0454. The highest BCUT2D eigenvalue weighted by atomic mass is 35.5. The maximum atomic E-state index is 13.1. The molecule has 1 fully saturated rings. The van der Waals surface area contributed by atoms with Gasteiger partial charge < -0.3 is 4.90 Å². The van der Waals surface area contributed by atoms with Crippen molar-refractivity contribution in [2.75, 3.05) is 13.1 Å². The number of rotatable bonds is 3. The molecule has 10 heteroatoms.